The summed E-state index contributed by atoms with van der Waals surface area (Å²) in [6.07, 6.45) is 4.24. The van der Waals surface area contributed by atoms with Crippen LogP contribution in [0.25, 0.3) is 0 Å². The molecule has 0 radical (unpaired) electrons. The molecule has 1 saturated carbocycles. The first-order valence-corrected chi connectivity index (χ1v) is 6.93. The van der Waals surface area contributed by atoms with Crippen molar-refractivity contribution < 1.29 is 4.79 Å². The first-order valence-electron chi connectivity index (χ1n) is 6.93. The van der Waals surface area contributed by atoms with E-state index in [1.54, 1.807) is 0 Å². The van der Waals surface area contributed by atoms with Crippen molar-refractivity contribution in [3.63, 3.8) is 0 Å². The predicted molar refractivity (Wildman–Crippen MR) is 75.0 cm³/mol. The van der Waals surface area contributed by atoms with Crippen LogP contribution in [0.4, 0.5) is 0 Å². The molecule has 98 valence electrons. The van der Waals surface area contributed by atoms with E-state index >= 15 is 0 Å². The maximum absolute atomic E-state index is 12.8. The van der Waals surface area contributed by atoms with E-state index in [2.05, 4.69) is 19.2 Å². The SMILES string of the molecule is Cc1cccc(C(=O)C2(NC(C)C)CCCC2)c1. The predicted octanol–water partition coefficient (Wildman–Crippen LogP) is 3.49. The fourth-order valence-electron chi connectivity index (χ4n) is 3.03. The minimum atomic E-state index is -0.317. The van der Waals surface area contributed by atoms with Crippen LogP contribution in [-0.2, 0) is 0 Å². The van der Waals surface area contributed by atoms with Crippen LogP contribution < -0.4 is 5.32 Å². The minimum Gasteiger partial charge on any atom is -0.302 e. The second-order valence-corrected chi connectivity index (χ2v) is 5.79. The smallest absolute Gasteiger partial charge is 0.182 e. The molecule has 0 aromatic heterocycles. The van der Waals surface area contributed by atoms with Crippen molar-refractivity contribution in [3.05, 3.63) is 35.4 Å². The zero-order chi connectivity index (χ0) is 13.2. The van der Waals surface area contributed by atoms with E-state index in [9.17, 15) is 4.79 Å². The van der Waals surface area contributed by atoms with E-state index in [-0.39, 0.29) is 11.3 Å². The standard InChI is InChI=1S/C16H23NO/c1-12(2)17-16(9-4-5-10-16)15(18)14-8-6-7-13(3)11-14/h6-8,11-12,17H,4-5,9-10H2,1-3H3. The monoisotopic (exact) mass is 245 g/mol. The van der Waals surface area contributed by atoms with E-state index in [1.807, 2.05) is 31.2 Å². The van der Waals surface area contributed by atoms with E-state index in [1.165, 1.54) is 0 Å². The van der Waals surface area contributed by atoms with Gasteiger partial charge < -0.3 is 5.32 Å². The molecule has 1 aromatic rings. The van der Waals surface area contributed by atoms with Gasteiger partial charge >= 0.3 is 0 Å². The third-order valence-electron chi connectivity index (χ3n) is 3.74. The second kappa shape index (κ2) is 5.23. The summed E-state index contributed by atoms with van der Waals surface area (Å²) in [6.45, 7) is 6.27. The molecule has 0 spiro atoms. The average molecular weight is 245 g/mol. The highest BCUT2D eigenvalue weighted by Crippen LogP contribution is 2.33. The van der Waals surface area contributed by atoms with Crippen molar-refractivity contribution in [3.8, 4) is 0 Å². The normalized spacial score (nSPS) is 18.2. The molecule has 1 aromatic carbocycles. The van der Waals surface area contributed by atoms with Gasteiger partial charge in [0.1, 0.15) is 0 Å². The Labute approximate surface area is 110 Å². The number of carbonyl (C=O) groups excluding carboxylic acids is 1. The van der Waals surface area contributed by atoms with Gasteiger partial charge in [0.25, 0.3) is 0 Å². The number of benzene rings is 1. The molecule has 0 bridgehead atoms. The maximum Gasteiger partial charge on any atom is 0.182 e. The van der Waals surface area contributed by atoms with Crippen molar-refractivity contribution >= 4 is 5.78 Å². The minimum absolute atomic E-state index is 0.275. The lowest BCUT2D eigenvalue weighted by Gasteiger charge is -2.31. The average Bonchev–Trinajstić information content (AvgIpc) is 2.77. The van der Waals surface area contributed by atoms with E-state index in [0.717, 1.165) is 36.8 Å². The molecule has 2 rings (SSSR count). The third kappa shape index (κ3) is 2.64. The summed E-state index contributed by atoms with van der Waals surface area (Å²) in [4.78, 5) is 12.8. The van der Waals surface area contributed by atoms with Gasteiger partial charge in [-0.1, -0.05) is 36.6 Å². The second-order valence-electron chi connectivity index (χ2n) is 5.79. The molecule has 2 heteroatoms. The number of carbonyl (C=O) groups is 1. The summed E-state index contributed by atoms with van der Waals surface area (Å²) in [5.41, 5.74) is 1.69. The molecule has 0 amide bonds. The summed E-state index contributed by atoms with van der Waals surface area (Å²) < 4.78 is 0. The number of hydrogen-bond donors (Lipinski definition) is 1. The maximum atomic E-state index is 12.8. The number of Topliss-reactive ketones (excluding diaryl/α,β-unsaturated/α-hetero) is 1. The van der Waals surface area contributed by atoms with Crippen LogP contribution in [0.2, 0.25) is 0 Å². The van der Waals surface area contributed by atoms with E-state index in [0.29, 0.717) is 6.04 Å². The number of ketones is 1. The van der Waals surface area contributed by atoms with Crippen LogP contribution in [0.1, 0.15) is 55.5 Å². The Morgan fingerprint density at radius 3 is 2.50 bits per heavy atom. The molecular formula is C16H23NO. The number of nitrogens with one attached hydrogen (secondary N) is 1. The summed E-state index contributed by atoms with van der Waals surface area (Å²) in [7, 11) is 0. The van der Waals surface area contributed by atoms with Gasteiger partial charge in [-0.15, -0.1) is 0 Å². The van der Waals surface area contributed by atoms with Crippen LogP contribution in [0.3, 0.4) is 0 Å². The number of rotatable bonds is 4. The van der Waals surface area contributed by atoms with Gasteiger partial charge in [-0.05, 0) is 39.7 Å². The highest BCUT2D eigenvalue weighted by Gasteiger charge is 2.41. The molecule has 2 nitrogen and oxygen atoms in total. The number of aryl methyl sites for hydroxylation is 1. The summed E-state index contributed by atoms with van der Waals surface area (Å²) in [6, 6.07) is 8.30. The number of hydrogen-bond acceptors (Lipinski definition) is 2. The Balaban J connectivity index is 2.29. The van der Waals surface area contributed by atoms with Gasteiger partial charge in [0.2, 0.25) is 0 Å². The van der Waals surface area contributed by atoms with Crippen LogP contribution in [-0.4, -0.2) is 17.4 Å². The molecule has 1 fully saturated rings. The van der Waals surface area contributed by atoms with Gasteiger partial charge in [-0.25, -0.2) is 0 Å². The Bertz CT molecular complexity index is 430. The van der Waals surface area contributed by atoms with Gasteiger partial charge in [-0.2, -0.15) is 0 Å². The Kier molecular flexibility index (Phi) is 3.86. The molecule has 1 aliphatic carbocycles. The van der Waals surface area contributed by atoms with E-state index < -0.39 is 0 Å². The van der Waals surface area contributed by atoms with Crippen LogP contribution >= 0.6 is 0 Å². The third-order valence-corrected chi connectivity index (χ3v) is 3.74. The van der Waals surface area contributed by atoms with Crippen molar-refractivity contribution in [2.24, 2.45) is 0 Å². The molecular weight excluding hydrogens is 222 g/mol. The topological polar surface area (TPSA) is 29.1 Å². The Morgan fingerprint density at radius 2 is 1.94 bits per heavy atom. The fourth-order valence-corrected chi connectivity index (χ4v) is 3.03. The van der Waals surface area contributed by atoms with Crippen molar-refractivity contribution in [1.29, 1.82) is 0 Å². The Morgan fingerprint density at radius 1 is 1.28 bits per heavy atom. The quantitative estimate of drug-likeness (QED) is 0.823. The van der Waals surface area contributed by atoms with Crippen molar-refractivity contribution in [2.45, 2.75) is 58.0 Å². The zero-order valence-corrected chi connectivity index (χ0v) is 11.6. The van der Waals surface area contributed by atoms with Crippen LogP contribution in [0.15, 0.2) is 24.3 Å². The first-order chi connectivity index (χ1) is 8.53. The Hall–Kier alpha value is -1.15. The van der Waals surface area contributed by atoms with Gasteiger partial charge in [0.15, 0.2) is 5.78 Å². The van der Waals surface area contributed by atoms with Crippen molar-refractivity contribution in [2.75, 3.05) is 0 Å². The van der Waals surface area contributed by atoms with E-state index in [4.69, 9.17) is 0 Å². The molecule has 1 aliphatic rings. The summed E-state index contributed by atoms with van der Waals surface area (Å²) >= 11 is 0. The highest BCUT2D eigenvalue weighted by atomic mass is 16.1. The van der Waals surface area contributed by atoms with Crippen LogP contribution in [0.5, 0.6) is 0 Å². The van der Waals surface area contributed by atoms with Gasteiger partial charge in [-0.3, -0.25) is 4.79 Å². The molecule has 0 saturated heterocycles. The van der Waals surface area contributed by atoms with Gasteiger partial charge in [0.05, 0.1) is 5.54 Å². The molecule has 1 N–H and O–H groups in total. The van der Waals surface area contributed by atoms with Crippen LogP contribution in [0, 0.1) is 6.92 Å². The molecule has 0 heterocycles. The first kappa shape index (κ1) is 13.3. The lowest BCUT2D eigenvalue weighted by atomic mass is 9.86. The molecule has 0 unspecified atom stereocenters. The zero-order valence-electron chi connectivity index (χ0n) is 11.6. The highest BCUT2D eigenvalue weighted by molar-refractivity contribution is 6.03. The van der Waals surface area contributed by atoms with Gasteiger partial charge in [0, 0.05) is 11.6 Å². The fraction of sp³-hybridized carbons (Fsp3) is 0.562. The summed E-state index contributed by atoms with van der Waals surface area (Å²) in [5, 5.41) is 3.52. The summed E-state index contributed by atoms with van der Waals surface area (Å²) in [5.74, 6) is 0.275. The van der Waals surface area contributed by atoms with Crippen molar-refractivity contribution in [1.82, 2.24) is 5.32 Å². The lowest BCUT2D eigenvalue weighted by molar-refractivity contribution is 0.0843. The lowest BCUT2D eigenvalue weighted by Crippen LogP contribution is -2.52. The largest absolute Gasteiger partial charge is 0.302 e. The molecule has 0 aliphatic heterocycles. The molecule has 18 heavy (non-hydrogen) atoms. The molecule has 0 atom stereocenters.